The van der Waals surface area contributed by atoms with Crippen LogP contribution in [0.25, 0.3) is 11.2 Å². The molecule has 2 aliphatic rings. The molecule has 1 aliphatic carbocycles. The van der Waals surface area contributed by atoms with Crippen LogP contribution in [-0.4, -0.2) is 58.4 Å². The third-order valence-corrected chi connectivity index (χ3v) is 6.48. The summed E-state index contributed by atoms with van der Waals surface area (Å²) in [5.74, 6) is 0.556. The van der Waals surface area contributed by atoms with Gasteiger partial charge in [-0.1, -0.05) is 0 Å². The number of ether oxygens (including phenoxy) is 1. The van der Waals surface area contributed by atoms with Crippen LogP contribution in [-0.2, 0) is 14.8 Å². The van der Waals surface area contributed by atoms with Crippen LogP contribution in [0.3, 0.4) is 0 Å². The van der Waals surface area contributed by atoms with Crippen LogP contribution >= 0.6 is 11.6 Å². The molecule has 0 radical (unpaired) electrons. The Balaban J connectivity index is 1.88. The van der Waals surface area contributed by atoms with Crippen LogP contribution in [0, 0.1) is 0 Å². The highest BCUT2D eigenvalue weighted by Crippen LogP contribution is 2.33. The summed E-state index contributed by atoms with van der Waals surface area (Å²) >= 11 is 6.05. The molecular formula is C13H16ClN5O3S. The SMILES string of the molecule is C[C@@H]1COCCN1c1nc(Cl)nc2c1ncn2S(=O)(=O)C1CC1. The van der Waals surface area contributed by atoms with Gasteiger partial charge in [-0.05, 0) is 31.4 Å². The number of aromatic nitrogens is 4. The molecule has 0 spiro atoms. The topological polar surface area (TPSA) is 90.2 Å². The lowest BCUT2D eigenvalue weighted by Gasteiger charge is -2.34. The van der Waals surface area contributed by atoms with Crippen LogP contribution in [0.2, 0.25) is 5.28 Å². The van der Waals surface area contributed by atoms with E-state index in [0.717, 1.165) is 3.97 Å². The van der Waals surface area contributed by atoms with E-state index in [1.807, 2.05) is 11.8 Å². The number of morpholine rings is 1. The zero-order valence-electron chi connectivity index (χ0n) is 12.5. The van der Waals surface area contributed by atoms with Gasteiger partial charge in [0.05, 0.1) is 24.5 Å². The van der Waals surface area contributed by atoms with Gasteiger partial charge in [0.1, 0.15) is 6.33 Å². The lowest BCUT2D eigenvalue weighted by atomic mass is 10.2. The normalized spacial score (nSPS) is 22.7. The van der Waals surface area contributed by atoms with Crippen molar-refractivity contribution in [1.82, 2.24) is 18.9 Å². The standard InChI is InChI=1S/C13H16ClN5O3S/c1-8-6-22-5-4-18(8)11-10-12(17-13(14)16-11)19(7-15-10)23(20,21)9-2-3-9/h7-9H,2-6H2,1H3/t8-/m1/s1. The molecule has 1 atom stereocenters. The fourth-order valence-electron chi connectivity index (χ4n) is 2.79. The minimum Gasteiger partial charge on any atom is -0.377 e. The van der Waals surface area contributed by atoms with E-state index in [2.05, 4.69) is 15.0 Å². The molecule has 1 saturated heterocycles. The Bertz CT molecular complexity index is 864. The molecule has 0 amide bonds. The molecule has 0 unspecified atom stereocenters. The third-order valence-electron chi connectivity index (χ3n) is 4.18. The van der Waals surface area contributed by atoms with Gasteiger partial charge in [0.2, 0.25) is 15.3 Å². The molecule has 2 aromatic rings. The van der Waals surface area contributed by atoms with Crippen molar-refractivity contribution < 1.29 is 13.2 Å². The number of halogens is 1. The van der Waals surface area contributed by atoms with E-state index in [4.69, 9.17) is 16.3 Å². The molecule has 0 bridgehead atoms. The lowest BCUT2D eigenvalue weighted by Crippen LogP contribution is -2.44. The van der Waals surface area contributed by atoms with Gasteiger partial charge in [0, 0.05) is 6.54 Å². The molecule has 10 heteroatoms. The van der Waals surface area contributed by atoms with Crippen LogP contribution < -0.4 is 4.90 Å². The first-order chi connectivity index (χ1) is 11.0. The molecule has 2 aromatic heterocycles. The van der Waals surface area contributed by atoms with Crippen molar-refractivity contribution in [3.05, 3.63) is 11.6 Å². The maximum Gasteiger partial charge on any atom is 0.244 e. The number of fused-ring (bicyclic) bond motifs is 1. The first-order valence-corrected chi connectivity index (χ1v) is 9.36. The Morgan fingerprint density at radius 2 is 2.13 bits per heavy atom. The second kappa shape index (κ2) is 5.29. The number of imidazole rings is 1. The predicted molar refractivity (Wildman–Crippen MR) is 85.3 cm³/mol. The fraction of sp³-hybridized carbons (Fsp3) is 0.615. The highest BCUT2D eigenvalue weighted by atomic mass is 35.5. The summed E-state index contributed by atoms with van der Waals surface area (Å²) in [5.41, 5.74) is 0.693. The van der Waals surface area contributed by atoms with Crippen molar-refractivity contribution in [2.24, 2.45) is 0 Å². The van der Waals surface area contributed by atoms with Crippen LogP contribution in [0.5, 0.6) is 0 Å². The summed E-state index contributed by atoms with van der Waals surface area (Å²) in [5, 5.41) is -0.335. The summed E-state index contributed by atoms with van der Waals surface area (Å²) in [4.78, 5) is 14.7. The number of rotatable bonds is 3. The molecule has 0 N–H and O–H groups in total. The number of hydrogen-bond donors (Lipinski definition) is 0. The van der Waals surface area contributed by atoms with E-state index in [-0.39, 0.29) is 22.2 Å². The zero-order valence-corrected chi connectivity index (χ0v) is 14.1. The average Bonchev–Trinajstić information content (AvgIpc) is 3.28. The molecule has 1 aliphatic heterocycles. The van der Waals surface area contributed by atoms with E-state index in [9.17, 15) is 8.42 Å². The van der Waals surface area contributed by atoms with E-state index in [1.54, 1.807) is 0 Å². The molecule has 2 fully saturated rings. The summed E-state index contributed by atoms with van der Waals surface area (Å²) < 4.78 is 31.6. The van der Waals surface area contributed by atoms with Gasteiger partial charge in [0.15, 0.2) is 17.0 Å². The van der Waals surface area contributed by atoms with Crippen molar-refractivity contribution in [2.75, 3.05) is 24.7 Å². The molecule has 1 saturated carbocycles. The third kappa shape index (κ3) is 2.47. The molecular weight excluding hydrogens is 342 g/mol. The zero-order chi connectivity index (χ0) is 16.2. The van der Waals surface area contributed by atoms with E-state index in [0.29, 0.717) is 43.9 Å². The quantitative estimate of drug-likeness (QED) is 0.758. The summed E-state index contributed by atoms with van der Waals surface area (Å²) in [7, 11) is -3.46. The molecule has 124 valence electrons. The van der Waals surface area contributed by atoms with Crippen molar-refractivity contribution in [3.63, 3.8) is 0 Å². The molecule has 3 heterocycles. The minimum absolute atomic E-state index is 0.0129. The van der Waals surface area contributed by atoms with Crippen LogP contribution in [0.15, 0.2) is 6.33 Å². The maximum absolute atomic E-state index is 12.5. The largest absolute Gasteiger partial charge is 0.377 e. The van der Waals surface area contributed by atoms with Gasteiger partial charge in [-0.2, -0.15) is 9.97 Å². The van der Waals surface area contributed by atoms with Crippen molar-refractivity contribution in [2.45, 2.75) is 31.1 Å². The lowest BCUT2D eigenvalue weighted by molar-refractivity contribution is 0.0986. The van der Waals surface area contributed by atoms with Gasteiger partial charge in [0.25, 0.3) is 0 Å². The summed E-state index contributed by atoms with van der Waals surface area (Å²) in [6.07, 6.45) is 2.65. The second-order valence-corrected chi connectivity index (χ2v) is 8.32. The smallest absolute Gasteiger partial charge is 0.244 e. The summed E-state index contributed by atoms with van der Waals surface area (Å²) in [6, 6.07) is 0.100. The Morgan fingerprint density at radius 1 is 1.35 bits per heavy atom. The maximum atomic E-state index is 12.5. The van der Waals surface area contributed by atoms with E-state index >= 15 is 0 Å². The monoisotopic (exact) mass is 357 g/mol. The molecule has 0 aromatic carbocycles. The number of nitrogens with zero attached hydrogens (tertiary/aromatic N) is 5. The van der Waals surface area contributed by atoms with Crippen molar-refractivity contribution in [1.29, 1.82) is 0 Å². The van der Waals surface area contributed by atoms with Crippen molar-refractivity contribution in [3.8, 4) is 0 Å². The first kappa shape index (κ1) is 15.1. The Kier molecular flexibility index (Phi) is 3.47. The van der Waals surface area contributed by atoms with Gasteiger partial charge in [-0.15, -0.1) is 0 Å². The second-order valence-electron chi connectivity index (χ2n) is 5.89. The molecule has 8 nitrogen and oxygen atoms in total. The predicted octanol–water partition coefficient (Wildman–Crippen LogP) is 1.05. The van der Waals surface area contributed by atoms with Crippen LogP contribution in [0.1, 0.15) is 19.8 Å². The fourth-order valence-corrected chi connectivity index (χ4v) is 4.55. The van der Waals surface area contributed by atoms with Gasteiger partial charge >= 0.3 is 0 Å². The molecule has 4 rings (SSSR count). The van der Waals surface area contributed by atoms with Gasteiger partial charge in [-0.3, -0.25) is 0 Å². The average molecular weight is 358 g/mol. The first-order valence-electron chi connectivity index (χ1n) is 7.48. The highest BCUT2D eigenvalue weighted by Gasteiger charge is 2.38. The number of hydrogen-bond acceptors (Lipinski definition) is 7. The Labute approximate surface area is 138 Å². The summed E-state index contributed by atoms with van der Waals surface area (Å²) in [6.45, 7) is 3.81. The van der Waals surface area contributed by atoms with E-state index < -0.39 is 10.0 Å². The van der Waals surface area contributed by atoms with Crippen molar-refractivity contribution >= 4 is 38.6 Å². The van der Waals surface area contributed by atoms with E-state index in [1.165, 1.54) is 6.33 Å². The Hall–Kier alpha value is -1.45. The van der Waals surface area contributed by atoms with Crippen LogP contribution in [0.4, 0.5) is 5.82 Å². The van der Waals surface area contributed by atoms with Gasteiger partial charge in [-0.25, -0.2) is 17.4 Å². The highest BCUT2D eigenvalue weighted by molar-refractivity contribution is 7.91. The Morgan fingerprint density at radius 3 is 2.83 bits per heavy atom. The van der Waals surface area contributed by atoms with Gasteiger partial charge < -0.3 is 9.64 Å². The number of anilines is 1. The molecule has 23 heavy (non-hydrogen) atoms. The minimum atomic E-state index is -3.46.